The van der Waals surface area contributed by atoms with Crippen molar-refractivity contribution in [2.45, 2.75) is 24.8 Å². The molecule has 1 heterocycles. The summed E-state index contributed by atoms with van der Waals surface area (Å²) in [5, 5.41) is 4.15. The van der Waals surface area contributed by atoms with Crippen molar-refractivity contribution in [2.75, 3.05) is 18.7 Å². The summed E-state index contributed by atoms with van der Waals surface area (Å²) in [4.78, 5) is 17.0. The number of Topliss-reactive ketones (excluding diaryl/α,β-unsaturated/α-hetero) is 1. The van der Waals surface area contributed by atoms with E-state index in [9.17, 15) is 17.6 Å². The lowest BCUT2D eigenvalue weighted by Crippen LogP contribution is -2.22. The van der Waals surface area contributed by atoms with Gasteiger partial charge >= 0.3 is 0 Å². The highest BCUT2D eigenvalue weighted by atomic mass is 35.5. The number of aryl methyl sites for hydroxylation is 2. The largest absolute Gasteiger partial charge is 0.497 e. The number of halogens is 2. The molecule has 0 bridgehead atoms. The summed E-state index contributed by atoms with van der Waals surface area (Å²) in [5.74, 6) is -0.420. The van der Waals surface area contributed by atoms with E-state index in [1.165, 1.54) is 25.3 Å². The van der Waals surface area contributed by atoms with Gasteiger partial charge in [-0.3, -0.25) is 4.79 Å². The Morgan fingerprint density at radius 3 is 2.49 bits per heavy atom. The first-order valence-electron chi connectivity index (χ1n) is 10.7. The monoisotopic (exact) mass is 514 g/mol. The van der Waals surface area contributed by atoms with Gasteiger partial charge in [0.1, 0.15) is 17.6 Å². The number of hydrogen-bond donors (Lipinski definition) is 2. The predicted octanol–water partition coefficient (Wildman–Crippen LogP) is 6.03. The Hall–Kier alpha value is -3.36. The summed E-state index contributed by atoms with van der Waals surface area (Å²) in [7, 11) is -2.11. The van der Waals surface area contributed by atoms with E-state index in [-0.39, 0.29) is 10.7 Å². The van der Waals surface area contributed by atoms with Crippen molar-refractivity contribution in [3.8, 4) is 5.75 Å². The minimum absolute atomic E-state index is 0.0445. The number of carbonyl (C=O) groups excluding carboxylic acids is 1. The number of benzene rings is 3. The maximum Gasteiger partial charge on any atom is 0.191 e. The molecule has 1 unspecified atom stereocenters. The van der Waals surface area contributed by atoms with Gasteiger partial charge in [0.05, 0.1) is 12.0 Å². The Morgan fingerprint density at radius 1 is 1.09 bits per heavy atom. The van der Waals surface area contributed by atoms with Crippen molar-refractivity contribution in [3.63, 3.8) is 0 Å². The fourth-order valence-electron chi connectivity index (χ4n) is 4.01. The lowest BCUT2D eigenvalue weighted by Gasteiger charge is -2.22. The Bertz CT molecular complexity index is 1560. The maximum atomic E-state index is 14.4. The normalized spacial score (nSPS) is 12.5. The van der Waals surface area contributed by atoms with Crippen LogP contribution in [0.5, 0.6) is 5.75 Å². The number of rotatable bonds is 7. The van der Waals surface area contributed by atoms with Crippen LogP contribution in [0, 0.1) is 19.7 Å². The first-order valence-corrected chi connectivity index (χ1v) is 13.0. The highest BCUT2D eigenvalue weighted by molar-refractivity contribution is 7.90. The van der Waals surface area contributed by atoms with Crippen LogP contribution in [0.15, 0.2) is 59.6 Å². The number of fused-ring (bicyclic) bond motifs is 1. The van der Waals surface area contributed by atoms with Crippen LogP contribution in [0.3, 0.4) is 0 Å². The van der Waals surface area contributed by atoms with Crippen LogP contribution in [-0.4, -0.2) is 32.6 Å². The maximum absolute atomic E-state index is 14.4. The van der Waals surface area contributed by atoms with E-state index in [2.05, 4.69) is 10.3 Å². The van der Waals surface area contributed by atoms with Gasteiger partial charge in [-0.25, -0.2) is 12.8 Å². The number of ketones is 1. The number of nitrogens with one attached hydrogen (secondary N) is 2. The van der Waals surface area contributed by atoms with Crippen molar-refractivity contribution >= 4 is 43.8 Å². The molecular weight excluding hydrogens is 491 g/mol. The minimum Gasteiger partial charge on any atom is -0.497 e. The summed E-state index contributed by atoms with van der Waals surface area (Å²) in [5.41, 5.74) is 3.18. The number of H-pyrrole nitrogens is 1. The summed E-state index contributed by atoms with van der Waals surface area (Å²) in [6.07, 6.45) is 2.65. The zero-order valence-corrected chi connectivity index (χ0v) is 21.1. The van der Waals surface area contributed by atoms with Crippen molar-refractivity contribution in [3.05, 3.63) is 87.8 Å². The van der Waals surface area contributed by atoms with Crippen LogP contribution in [0.25, 0.3) is 10.9 Å². The minimum atomic E-state index is -3.54. The number of ether oxygens (including phenoxy) is 1. The number of hydrogen-bond acceptors (Lipinski definition) is 5. The number of aromatic nitrogens is 1. The molecule has 1 aromatic heterocycles. The van der Waals surface area contributed by atoms with Gasteiger partial charge in [-0.15, -0.1) is 0 Å². The second kappa shape index (κ2) is 9.36. The van der Waals surface area contributed by atoms with E-state index in [0.717, 1.165) is 11.8 Å². The fourth-order valence-corrected chi connectivity index (χ4v) is 4.91. The summed E-state index contributed by atoms with van der Waals surface area (Å²) >= 11 is 6.15. The zero-order chi connectivity index (χ0) is 25.5. The van der Waals surface area contributed by atoms with E-state index < -0.39 is 21.7 Å². The second-order valence-corrected chi connectivity index (χ2v) is 10.9. The van der Waals surface area contributed by atoms with Crippen molar-refractivity contribution in [1.82, 2.24) is 4.98 Å². The van der Waals surface area contributed by atoms with Crippen LogP contribution in [-0.2, 0) is 9.84 Å². The molecule has 9 heteroatoms. The van der Waals surface area contributed by atoms with Gasteiger partial charge in [-0.05, 0) is 66.9 Å². The molecule has 4 aromatic rings. The molecule has 6 nitrogen and oxygen atoms in total. The molecule has 0 saturated heterocycles. The molecule has 0 aliphatic carbocycles. The molecule has 35 heavy (non-hydrogen) atoms. The highest BCUT2D eigenvalue weighted by Crippen LogP contribution is 2.33. The van der Waals surface area contributed by atoms with Gasteiger partial charge < -0.3 is 15.0 Å². The lowest BCUT2D eigenvalue weighted by molar-refractivity contribution is 0.0971. The van der Waals surface area contributed by atoms with Crippen molar-refractivity contribution in [1.29, 1.82) is 0 Å². The summed E-state index contributed by atoms with van der Waals surface area (Å²) in [6, 6.07) is 11.7. The van der Waals surface area contributed by atoms with E-state index in [1.54, 1.807) is 43.5 Å². The Labute approximate surface area is 208 Å². The molecule has 4 rings (SSSR count). The van der Waals surface area contributed by atoms with Crippen molar-refractivity contribution in [2.24, 2.45) is 0 Å². The lowest BCUT2D eigenvalue weighted by atomic mass is 9.93. The Morgan fingerprint density at radius 2 is 1.83 bits per heavy atom. The number of methoxy groups -OCH3 is 1. The molecule has 0 saturated carbocycles. The van der Waals surface area contributed by atoms with Gasteiger partial charge in [0.25, 0.3) is 0 Å². The molecule has 0 spiro atoms. The number of aromatic amines is 1. The predicted molar refractivity (Wildman–Crippen MR) is 136 cm³/mol. The van der Waals surface area contributed by atoms with E-state index in [4.69, 9.17) is 16.3 Å². The average Bonchev–Trinajstić information content (AvgIpc) is 3.19. The zero-order valence-electron chi connectivity index (χ0n) is 19.6. The third-order valence-corrected chi connectivity index (χ3v) is 7.21. The molecular formula is C26H24ClFN2O4S. The topological polar surface area (TPSA) is 88.3 Å². The van der Waals surface area contributed by atoms with Gasteiger partial charge in [0.15, 0.2) is 15.6 Å². The Kier molecular flexibility index (Phi) is 6.62. The molecule has 3 aromatic carbocycles. The van der Waals surface area contributed by atoms with Crippen LogP contribution >= 0.6 is 11.6 Å². The summed E-state index contributed by atoms with van der Waals surface area (Å²) in [6.45, 7) is 3.48. The number of anilines is 1. The Balaban J connectivity index is 1.86. The van der Waals surface area contributed by atoms with Gasteiger partial charge in [-0.2, -0.15) is 0 Å². The molecule has 0 fully saturated rings. The number of carbonyl (C=O) groups is 1. The first-order chi connectivity index (χ1) is 16.5. The SMILES string of the molecule is COc1cc(NC(C(=O)c2c[nH]c3cc(C)c(F)cc23)c2ccc(Cl)cc2C)cc(S(C)(=O)=O)c1. The third-order valence-electron chi connectivity index (χ3n) is 5.89. The third kappa shape index (κ3) is 5.04. The van der Waals surface area contributed by atoms with Crippen LogP contribution in [0.2, 0.25) is 5.02 Å². The molecule has 0 aliphatic rings. The first kappa shape index (κ1) is 24.8. The van der Waals surface area contributed by atoms with Gasteiger partial charge in [-0.1, -0.05) is 17.7 Å². The van der Waals surface area contributed by atoms with E-state index >= 15 is 0 Å². The van der Waals surface area contributed by atoms with Gasteiger partial charge in [0, 0.05) is 45.7 Å². The molecule has 182 valence electrons. The van der Waals surface area contributed by atoms with Crippen LogP contribution in [0.1, 0.15) is 33.1 Å². The van der Waals surface area contributed by atoms with E-state index in [0.29, 0.717) is 44.1 Å². The fraction of sp³-hybridized carbons (Fsp3) is 0.192. The van der Waals surface area contributed by atoms with Gasteiger partial charge in [0.2, 0.25) is 0 Å². The molecule has 0 aliphatic heterocycles. The van der Waals surface area contributed by atoms with E-state index in [1.807, 2.05) is 6.92 Å². The van der Waals surface area contributed by atoms with Crippen molar-refractivity contribution < 1.29 is 22.3 Å². The molecule has 0 amide bonds. The van der Waals surface area contributed by atoms with Crippen LogP contribution in [0.4, 0.5) is 10.1 Å². The second-order valence-electron chi connectivity index (χ2n) is 8.46. The smallest absolute Gasteiger partial charge is 0.191 e. The summed E-state index contributed by atoms with van der Waals surface area (Å²) < 4.78 is 44.1. The number of sulfone groups is 1. The molecule has 2 N–H and O–H groups in total. The molecule has 1 atom stereocenters. The molecule has 0 radical (unpaired) electrons. The quantitative estimate of drug-likeness (QED) is 0.294. The average molecular weight is 515 g/mol. The standard InChI is InChI=1S/C26H24ClFN2O4S/c1-14-7-16(27)5-6-20(14)25(30-17-9-18(34-3)11-19(10-17)35(4,32)33)26(31)22-13-29-24-8-15(2)23(28)12-21(22)24/h5-13,25,29-30H,1-4H3. The van der Waals surface area contributed by atoms with Crippen LogP contribution < -0.4 is 10.1 Å². The highest BCUT2D eigenvalue weighted by Gasteiger charge is 2.27.